The lowest BCUT2D eigenvalue weighted by molar-refractivity contribution is -0.162. The van der Waals surface area contributed by atoms with Gasteiger partial charge in [-0.15, -0.1) is 5.11 Å². The highest BCUT2D eigenvalue weighted by Gasteiger charge is 2.58. The number of epoxide rings is 1. The van der Waals surface area contributed by atoms with Crippen LogP contribution in [0.2, 0.25) is 0 Å². The van der Waals surface area contributed by atoms with E-state index in [0.29, 0.717) is 5.01 Å². The van der Waals surface area contributed by atoms with Gasteiger partial charge in [0.05, 0.1) is 13.2 Å². The smallest absolute Gasteiger partial charge is 0.377 e. The number of rotatable bonds is 6. The number of hydrogen-bond acceptors (Lipinski definition) is 9. The zero-order valence-electron chi connectivity index (χ0n) is 12.0. The molecular weight excluding hydrogens is 298 g/mol. The second-order valence-corrected chi connectivity index (χ2v) is 4.68. The summed E-state index contributed by atoms with van der Waals surface area (Å²) in [6.07, 6.45) is -1.75. The maximum absolute atomic E-state index is 12.3. The average Bonchev–Trinajstić information content (AvgIpc) is 3.29. The molecule has 1 fully saturated rings. The minimum Gasteiger partial charge on any atom is -0.460 e. The molecule has 10 nitrogen and oxygen atoms in total. The minimum absolute atomic E-state index is 0.0517. The maximum Gasteiger partial charge on any atom is 0.377 e. The standard InChI is InChI=1S/C12H15N3O7/c1-3-12(8(18)11(20)21-4-2)7(17)9(19)15(14-13-12)10-6(5-16)22-10/h6,10,16H,3-5H2,1-2H3. The Bertz CT molecular complexity index is 561. The molecule has 3 unspecified atom stereocenters. The lowest BCUT2D eigenvalue weighted by atomic mass is 9.86. The van der Waals surface area contributed by atoms with E-state index in [-0.39, 0.29) is 19.6 Å². The molecule has 1 saturated heterocycles. The summed E-state index contributed by atoms with van der Waals surface area (Å²) in [6, 6.07) is 0. The van der Waals surface area contributed by atoms with Crippen LogP contribution in [0, 0.1) is 0 Å². The van der Waals surface area contributed by atoms with E-state index >= 15 is 0 Å². The van der Waals surface area contributed by atoms with E-state index in [9.17, 15) is 19.2 Å². The molecule has 0 aliphatic carbocycles. The van der Waals surface area contributed by atoms with E-state index in [1.807, 2.05) is 0 Å². The van der Waals surface area contributed by atoms with Crippen molar-refractivity contribution in [3.63, 3.8) is 0 Å². The number of amides is 1. The fraction of sp³-hybridized carbons (Fsp3) is 0.667. The molecule has 2 heterocycles. The summed E-state index contributed by atoms with van der Waals surface area (Å²) in [5.74, 6) is -4.76. The molecule has 3 atom stereocenters. The molecule has 22 heavy (non-hydrogen) atoms. The summed E-state index contributed by atoms with van der Waals surface area (Å²) in [5.41, 5.74) is -2.19. The third kappa shape index (κ3) is 2.40. The van der Waals surface area contributed by atoms with Gasteiger partial charge in [0.1, 0.15) is 6.10 Å². The van der Waals surface area contributed by atoms with Crippen molar-refractivity contribution in [3.8, 4) is 0 Å². The van der Waals surface area contributed by atoms with E-state index in [0.717, 1.165) is 0 Å². The molecule has 0 spiro atoms. The van der Waals surface area contributed by atoms with Gasteiger partial charge < -0.3 is 14.6 Å². The Morgan fingerprint density at radius 2 is 2.09 bits per heavy atom. The van der Waals surface area contributed by atoms with E-state index in [2.05, 4.69) is 15.1 Å². The zero-order valence-corrected chi connectivity index (χ0v) is 12.0. The van der Waals surface area contributed by atoms with Crippen LogP contribution in [0.25, 0.3) is 0 Å². The van der Waals surface area contributed by atoms with Crippen LogP contribution >= 0.6 is 0 Å². The lowest BCUT2D eigenvalue weighted by Crippen LogP contribution is -2.57. The lowest BCUT2D eigenvalue weighted by Gasteiger charge is -2.28. The van der Waals surface area contributed by atoms with Crippen LogP contribution in [-0.4, -0.2) is 64.6 Å². The van der Waals surface area contributed by atoms with Gasteiger partial charge in [-0.1, -0.05) is 12.1 Å². The van der Waals surface area contributed by atoms with Gasteiger partial charge in [0.2, 0.25) is 5.54 Å². The molecule has 1 N–H and O–H groups in total. The predicted octanol–water partition coefficient (Wildman–Crippen LogP) is -1.24. The van der Waals surface area contributed by atoms with Gasteiger partial charge in [-0.05, 0) is 13.3 Å². The minimum atomic E-state index is -2.19. The Hall–Kier alpha value is -2.20. The Morgan fingerprint density at radius 3 is 2.59 bits per heavy atom. The largest absolute Gasteiger partial charge is 0.460 e. The van der Waals surface area contributed by atoms with Crippen molar-refractivity contribution >= 4 is 23.4 Å². The number of ketones is 2. The van der Waals surface area contributed by atoms with Crippen molar-refractivity contribution in [2.24, 2.45) is 10.3 Å². The van der Waals surface area contributed by atoms with Crippen molar-refractivity contribution in [2.45, 2.75) is 38.1 Å². The first kappa shape index (κ1) is 16.2. The van der Waals surface area contributed by atoms with Crippen LogP contribution < -0.4 is 0 Å². The van der Waals surface area contributed by atoms with Gasteiger partial charge in [-0.2, -0.15) is 5.01 Å². The highest BCUT2D eigenvalue weighted by molar-refractivity contribution is 6.53. The average molecular weight is 313 g/mol. The van der Waals surface area contributed by atoms with Crippen molar-refractivity contribution < 1.29 is 33.8 Å². The number of hydrogen-bond donors (Lipinski definition) is 1. The summed E-state index contributed by atoms with van der Waals surface area (Å²) in [4.78, 5) is 48.1. The third-order valence-corrected chi connectivity index (χ3v) is 3.41. The molecule has 1 amide bonds. The maximum atomic E-state index is 12.3. The highest BCUT2D eigenvalue weighted by Crippen LogP contribution is 2.32. The summed E-state index contributed by atoms with van der Waals surface area (Å²) >= 11 is 0. The Labute approximate surface area is 125 Å². The topological polar surface area (TPSA) is 138 Å². The van der Waals surface area contributed by atoms with Gasteiger partial charge in [0.25, 0.3) is 11.6 Å². The van der Waals surface area contributed by atoms with Crippen molar-refractivity contribution in [1.29, 1.82) is 0 Å². The first-order valence-corrected chi connectivity index (χ1v) is 6.71. The van der Waals surface area contributed by atoms with Gasteiger partial charge in [-0.3, -0.25) is 14.4 Å². The van der Waals surface area contributed by atoms with Crippen molar-refractivity contribution in [2.75, 3.05) is 13.2 Å². The monoisotopic (exact) mass is 313 g/mol. The van der Waals surface area contributed by atoms with Crippen LogP contribution in [0.15, 0.2) is 10.3 Å². The number of carbonyl (C=O) groups is 4. The van der Waals surface area contributed by atoms with Crippen LogP contribution in [0.3, 0.4) is 0 Å². The second kappa shape index (κ2) is 5.89. The molecular formula is C12H15N3O7. The summed E-state index contributed by atoms with van der Waals surface area (Å²) in [6.45, 7) is 2.53. The number of aliphatic hydroxyl groups excluding tert-OH is 1. The van der Waals surface area contributed by atoms with Crippen LogP contribution in [0.4, 0.5) is 0 Å². The van der Waals surface area contributed by atoms with Gasteiger partial charge >= 0.3 is 11.9 Å². The number of nitrogens with zero attached hydrogens (tertiary/aromatic N) is 3. The molecule has 0 saturated carbocycles. The Kier molecular flexibility index (Phi) is 4.33. The van der Waals surface area contributed by atoms with Crippen LogP contribution in [-0.2, 0) is 28.7 Å². The molecule has 2 aliphatic rings. The highest BCUT2D eigenvalue weighted by atomic mass is 16.6. The molecule has 120 valence electrons. The van der Waals surface area contributed by atoms with E-state index in [4.69, 9.17) is 9.84 Å². The first-order chi connectivity index (χ1) is 10.4. The predicted molar refractivity (Wildman–Crippen MR) is 67.1 cm³/mol. The SMILES string of the molecule is CCOC(=O)C(=O)C1(CC)N=NN(C2OC2CO)C(=O)C1=O. The van der Waals surface area contributed by atoms with Crippen molar-refractivity contribution in [1.82, 2.24) is 5.01 Å². The van der Waals surface area contributed by atoms with Crippen molar-refractivity contribution in [3.05, 3.63) is 0 Å². The first-order valence-electron chi connectivity index (χ1n) is 6.71. The van der Waals surface area contributed by atoms with E-state index in [1.54, 1.807) is 0 Å². The Morgan fingerprint density at radius 1 is 1.41 bits per heavy atom. The molecule has 0 aromatic rings. The zero-order chi connectivity index (χ0) is 16.5. The second-order valence-electron chi connectivity index (χ2n) is 4.68. The number of ether oxygens (including phenoxy) is 2. The fourth-order valence-electron chi connectivity index (χ4n) is 2.05. The molecule has 0 aromatic heterocycles. The molecule has 2 rings (SSSR count). The molecule has 2 aliphatic heterocycles. The molecule has 0 bridgehead atoms. The molecule has 0 radical (unpaired) electrons. The third-order valence-electron chi connectivity index (χ3n) is 3.41. The molecule has 10 heteroatoms. The quantitative estimate of drug-likeness (QED) is 0.280. The molecule has 0 aromatic carbocycles. The summed E-state index contributed by atoms with van der Waals surface area (Å²) in [7, 11) is 0. The van der Waals surface area contributed by atoms with Gasteiger partial charge in [0, 0.05) is 0 Å². The number of esters is 1. The summed E-state index contributed by atoms with van der Waals surface area (Å²) < 4.78 is 9.51. The van der Waals surface area contributed by atoms with Gasteiger partial charge in [0.15, 0.2) is 6.23 Å². The summed E-state index contributed by atoms with van der Waals surface area (Å²) in [5, 5.41) is 16.7. The number of Topliss-reactive ketones (excluding diaryl/α,β-unsaturated/α-hetero) is 2. The van der Waals surface area contributed by atoms with E-state index in [1.165, 1.54) is 13.8 Å². The van der Waals surface area contributed by atoms with Crippen LogP contribution in [0.5, 0.6) is 0 Å². The van der Waals surface area contributed by atoms with E-state index < -0.39 is 41.3 Å². The van der Waals surface area contributed by atoms with Crippen LogP contribution in [0.1, 0.15) is 20.3 Å². The Balaban J connectivity index is 2.28. The van der Waals surface area contributed by atoms with Gasteiger partial charge in [-0.25, -0.2) is 4.79 Å². The fourth-order valence-corrected chi connectivity index (χ4v) is 2.05. The number of carbonyl (C=O) groups excluding carboxylic acids is 4. The normalized spacial score (nSPS) is 30.4. The number of aliphatic hydroxyl groups is 1.